The Morgan fingerprint density at radius 1 is 1.00 bits per heavy atom. The van der Waals surface area contributed by atoms with Crippen molar-refractivity contribution >= 4 is 0 Å². The van der Waals surface area contributed by atoms with Gasteiger partial charge in [-0.2, -0.15) is 0 Å². The molecule has 0 aliphatic heterocycles. The summed E-state index contributed by atoms with van der Waals surface area (Å²) in [5, 5.41) is 0. The minimum atomic E-state index is 0.858. The summed E-state index contributed by atoms with van der Waals surface area (Å²) in [6.45, 7) is 0. The third-order valence-corrected chi connectivity index (χ3v) is 4.46. The fourth-order valence-electron chi connectivity index (χ4n) is 3.79. The summed E-state index contributed by atoms with van der Waals surface area (Å²) in [6.07, 6.45) is 16.4. The van der Waals surface area contributed by atoms with Crippen molar-refractivity contribution in [2.45, 2.75) is 44.9 Å². The van der Waals surface area contributed by atoms with E-state index in [1.54, 1.807) is 0 Å². The highest BCUT2D eigenvalue weighted by atomic mass is 14.4. The minimum Gasteiger partial charge on any atom is -0.0773 e. The largest absolute Gasteiger partial charge is 0.0773 e. The Bertz CT molecular complexity index is 210. The van der Waals surface area contributed by atoms with Crippen molar-refractivity contribution in [3.63, 3.8) is 0 Å². The predicted molar refractivity (Wildman–Crippen MR) is 54.1 cm³/mol. The summed E-state index contributed by atoms with van der Waals surface area (Å²) in [6, 6.07) is 0. The van der Waals surface area contributed by atoms with Gasteiger partial charge in [0.25, 0.3) is 0 Å². The van der Waals surface area contributed by atoms with Crippen LogP contribution in [0.1, 0.15) is 44.9 Å². The monoisotopic (exact) mass is 175 g/mol. The Labute approximate surface area is 81.4 Å². The molecule has 0 heterocycles. The zero-order valence-electron chi connectivity index (χ0n) is 8.34. The summed E-state index contributed by atoms with van der Waals surface area (Å²) < 4.78 is 0. The Hall–Kier alpha value is -0.260. The maximum absolute atomic E-state index is 3.50. The third-order valence-electron chi connectivity index (χ3n) is 4.46. The Kier molecular flexibility index (Phi) is 1.96. The number of allylic oxidation sites excluding steroid dienone is 2. The Morgan fingerprint density at radius 3 is 2.46 bits per heavy atom. The molecule has 3 atom stereocenters. The molecule has 0 aromatic rings. The average Bonchev–Trinajstić information content (AvgIpc) is 2.80. The second-order valence-corrected chi connectivity index (χ2v) is 5.23. The van der Waals surface area contributed by atoms with Gasteiger partial charge in [-0.05, 0) is 42.6 Å². The lowest BCUT2D eigenvalue weighted by atomic mass is 9.74. The maximum Gasteiger partial charge on any atom is -0.0154 e. The quantitative estimate of drug-likeness (QED) is 0.571. The number of rotatable bonds is 1. The van der Waals surface area contributed by atoms with Crippen molar-refractivity contribution in [1.29, 1.82) is 0 Å². The first kappa shape index (κ1) is 8.08. The zero-order valence-corrected chi connectivity index (χ0v) is 8.34. The number of hydrogen-bond donors (Lipinski definition) is 0. The SMILES string of the molecule is [C]1=CC2CC1CC2C1CCCCC1. The van der Waals surface area contributed by atoms with Gasteiger partial charge in [-0.3, -0.25) is 0 Å². The smallest absolute Gasteiger partial charge is 0.0154 e. The topological polar surface area (TPSA) is 0 Å². The molecular weight excluding hydrogens is 156 g/mol. The highest BCUT2D eigenvalue weighted by Crippen LogP contribution is 2.49. The van der Waals surface area contributed by atoms with Gasteiger partial charge in [-0.1, -0.05) is 38.2 Å². The van der Waals surface area contributed by atoms with Crippen LogP contribution in [0.25, 0.3) is 0 Å². The van der Waals surface area contributed by atoms with Crippen molar-refractivity contribution in [1.82, 2.24) is 0 Å². The highest BCUT2D eigenvalue weighted by molar-refractivity contribution is 5.06. The molecule has 0 spiro atoms. The van der Waals surface area contributed by atoms with E-state index in [4.69, 9.17) is 0 Å². The van der Waals surface area contributed by atoms with E-state index in [0.717, 1.165) is 23.7 Å². The van der Waals surface area contributed by atoms with Crippen LogP contribution >= 0.6 is 0 Å². The minimum absolute atomic E-state index is 0.858. The lowest BCUT2D eigenvalue weighted by molar-refractivity contribution is 0.218. The van der Waals surface area contributed by atoms with Crippen LogP contribution < -0.4 is 0 Å². The summed E-state index contributed by atoms with van der Waals surface area (Å²) in [7, 11) is 0. The molecule has 0 saturated heterocycles. The summed E-state index contributed by atoms with van der Waals surface area (Å²) in [4.78, 5) is 0. The van der Waals surface area contributed by atoms with E-state index < -0.39 is 0 Å². The summed E-state index contributed by atoms with van der Waals surface area (Å²) >= 11 is 0. The fourth-order valence-corrected chi connectivity index (χ4v) is 3.79. The second kappa shape index (κ2) is 3.15. The third kappa shape index (κ3) is 1.35. The maximum atomic E-state index is 3.50. The molecule has 71 valence electrons. The van der Waals surface area contributed by atoms with Crippen LogP contribution in [0.15, 0.2) is 6.08 Å². The van der Waals surface area contributed by atoms with Gasteiger partial charge in [0, 0.05) is 0 Å². The first-order chi connectivity index (χ1) is 6.43. The highest BCUT2D eigenvalue weighted by Gasteiger charge is 2.40. The standard InChI is InChI=1S/C13H19/c1-2-4-11(5-3-1)13-9-10-6-7-12(13)8-10/h7,10-13H,1-5,8-9H2. The van der Waals surface area contributed by atoms with Gasteiger partial charge in [0.1, 0.15) is 0 Å². The van der Waals surface area contributed by atoms with E-state index in [1.165, 1.54) is 44.9 Å². The lowest BCUT2D eigenvalue weighted by Crippen LogP contribution is -2.21. The van der Waals surface area contributed by atoms with Crippen LogP contribution in [-0.4, -0.2) is 0 Å². The van der Waals surface area contributed by atoms with E-state index in [9.17, 15) is 0 Å². The van der Waals surface area contributed by atoms with Crippen LogP contribution in [0, 0.1) is 29.7 Å². The normalized spacial score (nSPS) is 44.5. The van der Waals surface area contributed by atoms with Gasteiger partial charge in [-0.25, -0.2) is 0 Å². The van der Waals surface area contributed by atoms with Crippen molar-refractivity contribution in [3.05, 3.63) is 12.2 Å². The van der Waals surface area contributed by atoms with E-state index >= 15 is 0 Å². The molecule has 3 unspecified atom stereocenters. The van der Waals surface area contributed by atoms with Gasteiger partial charge < -0.3 is 0 Å². The Balaban J connectivity index is 1.68. The molecule has 2 saturated carbocycles. The summed E-state index contributed by atoms with van der Waals surface area (Å²) in [5.41, 5.74) is 0. The van der Waals surface area contributed by atoms with Gasteiger partial charge >= 0.3 is 0 Å². The number of hydrogen-bond acceptors (Lipinski definition) is 0. The molecule has 3 aliphatic rings. The van der Waals surface area contributed by atoms with Crippen molar-refractivity contribution in [2.75, 3.05) is 0 Å². The molecule has 0 nitrogen and oxygen atoms in total. The predicted octanol–water partition coefficient (Wildman–Crippen LogP) is 3.58. The average molecular weight is 175 g/mol. The zero-order chi connectivity index (χ0) is 8.67. The van der Waals surface area contributed by atoms with E-state index in [-0.39, 0.29) is 0 Å². The fraction of sp³-hybridized carbons (Fsp3) is 0.846. The van der Waals surface area contributed by atoms with Crippen molar-refractivity contribution in [2.24, 2.45) is 23.7 Å². The molecule has 13 heavy (non-hydrogen) atoms. The van der Waals surface area contributed by atoms with E-state index in [1.807, 2.05) is 0 Å². The molecule has 2 fully saturated rings. The molecular formula is C13H19. The lowest BCUT2D eigenvalue weighted by Gasteiger charge is -2.31. The summed E-state index contributed by atoms with van der Waals surface area (Å²) in [5.74, 6) is 3.94. The molecule has 0 aromatic heterocycles. The Morgan fingerprint density at radius 2 is 1.85 bits per heavy atom. The molecule has 0 amide bonds. The van der Waals surface area contributed by atoms with Crippen molar-refractivity contribution < 1.29 is 0 Å². The molecule has 3 aliphatic carbocycles. The van der Waals surface area contributed by atoms with Crippen LogP contribution in [0.5, 0.6) is 0 Å². The van der Waals surface area contributed by atoms with Gasteiger partial charge in [0.2, 0.25) is 0 Å². The molecule has 3 rings (SSSR count). The molecule has 1 radical (unpaired) electrons. The first-order valence-corrected chi connectivity index (χ1v) is 6.03. The van der Waals surface area contributed by atoms with Crippen LogP contribution in [0.4, 0.5) is 0 Å². The van der Waals surface area contributed by atoms with Crippen LogP contribution in [0.3, 0.4) is 0 Å². The van der Waals surface area contributed by atoms with Gasteiger partial charge in [0.05, 0.1) is 0 Å². The van der Waals surface area contributed by atoms with Crippen molar-refractivity contribution in [3.8, 4) is 0 Å². The second-order valence-electron chi connectivity index (χ2n) is 5.23. The van der Waals surface area contributed by atoms with Gasteiger partial charge in [-0.15, -0.1) is 0 Å². The van der Waals surface area contributed by atoms with E-state index in [2.05, 4.69) is 12.2 Å². The van der Waals surface area contributed by atoms with Crippen LogP contribution in [-0.2, 0) is 0 Å². The first-order valence-electron chi connectivity index (χ1n) is 6.03. The molecule has 2 bridgehead atoms. The molecule has 0 heteroatoms. The molecule has 0 N–H and O–H groups in total. The van der Waals surface area contributed by atoms with Gasteiger partial charge in [0.15, 0.2) is 0 Å². The van der Waals surface area contributed by atoms with E-state index in [0.29, 0.717) is 0 Å². The molecule has 0 aromatic carbocycles. The number of fused-ring (bicyclic) bond motifs is 2. The van der Waals surface area contributed by atoms with Crippen LogP contribution in [0.2, 0.25) is 0 Å².